The molecular formula is C15H30N2. The molecule has 1 aliphatic carbocycles. The van der Waals surface area contributed by atoms with Crippen LogP contribution < -0.4 is 5.32 Å². The number of nitrogens with zero attached hydrogens (tertiary/aromatic N) is 1. The van der Waals surface area contributed by atoms with Crippen molar-refractivity contribution in [1.29, 1.82) is 0 Å². The summed E-state index contributed by atoms with van der Waals surface area (Å²) in [6.07, 6.45) is 8.39. The van der Waals surface area contributed by atoms with Gasteiger partial charge < -0.3 is 5.32 Å². The van der Waals surface area contributed by atoms with Gasteiger partial charge in [0.15, 0.2) is 0 Å². The Bertz CT molecular complexity index is 211. The molecule has 2 nitrogen and oxygen atoms in total. The van der Waals surface area contributed by atoms with Crippen LogP contribution in [0.1, 0.15) is 52.4 Å². The second kappa shape index (κ2) is 6.19. The standard InChI is InChI=1S/C15H30N2/c1-12-6-4-7-13(2)15(12)17(3)14-8-5-10-16-11-9-14/h12-16H,4-11H2,1-3H3. The van der Waals surface area contributed by atoms with Gasteiger partial charge in [-0.2, -0.15) is 0 Å². The Balaban J connectivity index is 1.98. The quantitative estimate of drug-likeness (QED) is 0.796. The highest BCUT2D eigenvalue weighted by atomic mass is 15.2. The summed E-state index contributed by atoms with van der Waals surface area (Å²) in [5, 5.41) is 3.53. The first-order valence-electron chi connectivity index (χ1n) is 7.63. The summed E-state index contributed by atoms with van der Waals surface area (Å²) in [7, 11) is 2.39. The Kier molecular flexibility index (Phi) is 4.87. The van der Waals surface area contributed by atoms with Gasteiger partial charge in [-0.15, -0.1) is 0 Å². The average molecular weight is 238 g/mol. The number of rotatable bonds is 2. The van der Waals surface area contributed by atoms with Gasteiger partial charge in [0, 0.05) is 12.1 Å². The lowest BCUT2D eigenvalue weighted by atomic mass is 9.77. The van der Waals surface area contributed by atoms with Gasteiger partial charge in [-0.1, -0.05) is 20.3 Å². The zero-order chi connectivity index (χ0) is 12.3. The average Bonchev–Trinajstić information content (AvgIpc) is 2.57. The van der Waals surface area contributed by atoms with E-state index in [0.717, 1.165) is 23.9 Å². The topological polar surface area (TPSA) is 15.3 Å². The van der Waals surface area contributed by atoms with Crippen LogP contribution in [-0.4, -0.2) is 37.1 Å². The largest absolute Gasteiger partial charge is 0.317 e. The van der Waals surface area contributed by atoms with E-state index in [9.17, 15) is 0 Å². The minimum absolute atomic E-state index is 0.818. The molecule has 17 heavy (non-hydrogen) atoms. The molecule has 3 atom stereocenters. The first-order chi connectivity index (χ1) is 8.20. The van der Waals surface area contributed by atoms with E-state index in [1.54, 1.807) is 0 Å². The van der Waals surface area contributed by atoms with Crippen LogP contribution in [0.5, 0.6) is 0 Å². The number of hydrogen-bond acceptors (Lipinski definition) is 2. The summed E-state index contributed by atoms with van der Waals surface area (Å²) in [4.78, 5) is 2.74. The van der Waals surface area contributed by atoms with Crippen molar-refractivity contribution in [1.82, 2.24) is 10.2 Å². The van der Waals surface area contributed by atoms with Gasteiger partial charge in [0.25, 0.3) is 0 Å². The zero-order valence-electron chi connectivity index (χ0n) is 11.9. The van der Waals surface area contributed by atoms with Crippen LogP contribution in [0.15, 0.2) is 0 Å². The van der Waals surface area contributed by atoms with E-state index in [2.05, 4.69) is 31.1 Å². The normalized spacial score (nSPS) is 40.2. The molecule has 100 valence electrons. The Morgan fingerprint density at radius 3 is 2.29 bits per heavy atom. The van der Waals surface area contributed by atoms with Gasteiger partial charge in [-0.25, -0.2) is 0 Å². The van der Waals surface area contributed by atoms with Crippen molar-refractivity contribution in [2.75, 3.05) is 20.1 Å². The molecule has 0 aromatic carbocycles. The van der Waals surface area contributed by atoms with Crippen molar-refractivity contribution in [3.8, 4) is 0 Å². The molecule has 1 saturated carbocycles. The monoisotopic (exact) mass is 238 g/mol. The van der Waals surface area contributed by atoms with E-state index in [4.69, 9.17) is 0 Å². The predicted molar refractivity (Wildman–Crippen MR) is 74.2 cm³/mol. The van der Waals surface area contributed by atoms with Crippen molar-refractivity contribution < 1.29 is 0 Å². The molecule has 1 saturated heterocycles. The molecule has 2 aliphatic rings. The van der Waals surface area contributed by atoms with Crippen LogP contribution in [0.2, 0.25) is 0 Å². The minimum Gasteiger partial charge on any atom is -0.317 e. The van der Waals surface area contributed by atoms with Crippen LogP contribution in [0, 0.1) is 11.8 Å². The highest BCUT2D eigenvalue weighted by molar-refractivity contribution is 4.88. The molecule has 0 aromatic rings. The minimum atomic E-state index is 0.818. The van der Waals surface area contributed by atoms with Crippen LogP contribution in [-0.2, 0) is 0 Å². The fourth-order valence-corrected chi connectivity index (χ4v) is 4.12. The van der Waals surface area contributed by atoms with E-state index < -0.39 is 0 Å². The Morgan fingerprint density at radius 1 is 0.882 bits per heavy atom. The van der Waals surface area contributed by atoms with Gasteiger partial charge >= 0.3 is 0 Å². The van der Waals surface area contributed by atoms with Crippen molar-refractivity contribution in [3.63, 3.8) is 0 Å². The summed E-state index contributed by atoms with van der Waals surface area (Å²) >= 11 is 0. The Labute approximate surface area is 107 Å². The molecule has 1 N–H and O–H groups in total. The number of hydrogen-bond donors (Lipinski definition) is 1. The van der Waals surface area contributed by atoms with Gasteiger partial charge in [-0.05, 0) is 64.1 Å². The summed E-state index contributed by atoms with van der Waals surface area (Å²) in [6, 6.07) is 1.64. The smallest absolute Gasteiger partial charge is 0.0146 e. The molecule has 0 radical (unpaired) electrons. The highest BCUT2D eigenvalue weighted by Crippen LogP contribution is 2.34. The van der Waals surface area contributed by atoms with Crippen molar-refractivity contribution >= 4 is 0 Å². The molecule has 0 spiro atoms. The maximum Gasteiger partial charge on any atom is 0.0146 e. The van der Waals surface area contributed by atoms with Crippen LogP contribution in [0.4, 0.5) is 0 Å². The number of nitrogens with one attached hydrogen (secondary N) is 1. The van der Waals surface area contributed by atoms with Crippen molar-refractivity contribution in [2.45, 2.75) is 64.5 Å². The fraction of sp³-hybridized carbons (Fsp3) is 1.00. The SMILES string of the molecule is CC1CCCC(C)C1N(C)C1CCCNCC1. The van der Waals surface area contributed by atoms with Crippen molar-refractivity contribution in [3.05, 3.63) is 0 Å². The molecule has 3 unspecified atom stereocenters. The van der Waals surface area contributed by atoms with Crippen LogP contribution >= 0.6 is 0 Å². The molecule has 1 heterocycles. The van der Waals surface area contributed by atoms with Gasteiger partial charge in [0.05, 0.1) is 0 Å². The maximum atomic E-state index is 3.53. The van der Waals surface area contributed by atoms with Gasteiger partial charge in [-0.3, -0.25) is 4.90 Å². The zero-order valence-corrected chi connectivity index (χ0v) is 11.9. The lowest BCUT2D eigenvalue weighted by Crippen LogP contribution is -2.49. The van der Waals surface area contributed by atoms with Crippen LogP contribution in [0.25, 0.3) is 0 Å². The molecule has 2 fully saturated rings. The highest BCUT2D eigenvalue weighted by Gasteiger charge is 2.33. The Morgan fingerprint density at radius 2 is 1.59 bits per heavy atom. The van der Waals surface area contributed by atoms with E-state index in [1.165, 1.54) is 51.6 Å². The summed E-state index contributed by atoms with van der Waals surface area (Å²) in [5.74, 6) is 1.78. The summed E-state index contributed by atoms with van der Waals surface area (Å²) < 4.78 is 0. The predicted octanol–water partition coefficient (Wildman–Crippen LogP) is 2.89. The van der Waals surface area contributed by atoms with Gasteiger partial charge in [0.2, 0.25) is 0 Å². The summed E-state index contributed by atoms with van der Waals surface area (Å²) in [5.41, 5.74) is 0. The third-order valence-electron chi connectivity index (χ3n) is 5.08. The third-order valence-corrected chi connectivity index (χ3v) is 5.08. The Hall–Kier alpha value is -0.0800. The third kappa shape index (κ3) is 3.23. The second-order valence-corrected chi connectivity index (χ2v) is 6.38. The maximum absolute atomic E-state index is 3.53. The van der Waals surface area contributed by atoms with E-state index >= 15 is 0 Å². The van der Waals surface area contributed by atoms with E-state index in [-0.39, 0.29) is 0 Å². The lowest BCUT2D eigenvalue weighted by molar-refractivity contribution is 0.0524. The molecule has 2 heteroatoms. The molecule has 0 bridgehead atoms. The fourth-order valence-electron chi connectivity index (χ4n) is 4.12. The second-order valence-electron chi connectivity index (χ2n) is 6.38. The molecule has 1 aliphatic heterocycles. The summed E-state index contributed by atoms with van der Waals surface area (Å²) in [6.45, 7) is 7.36. The first kappa shape index (κ1) is 13.4. The molecular weight excluding hydrogens is 208 g/mol. The van der Waals surface area contributed by atoms with E-state index in [1.807, 2.05) is 0 Å². The van der Waals surface area contributed by atoms with Crippen molar-refractivity contribution in [2.24, 2.45) is 11.8 Å². The molecule has 0 amide bonds. The lowest BCUT2D eigenvalue weighted by Gasteiger charge is -2.44. The van der Waals surface area contributed by atoms with Gasteiger partial charge in [0.1, 0.15) is 0 Å². The first-order valence-corrected chi connectivity index (χ1v) is 7.63. The van der Waals surface area contributed by atoms with E-state index in [0.29, 0.717) is 0 Å². The molecule has 2 rings (SSSR count). The van der Waals surface area contributed by atoms with Crippen LogP contribution in [0.3, 0.4) is 0 Å². The molecule has 0 aromatic heterocycles.